The Kier molecular flexibility index (Phi) is 4.00. The fraction of sp³-hybridized carbons (Fsp3) is 0.312. The van der Waals surface area contributed by atoms with Crippen molar-refractivity contribution >= 4 is 11.8 Å². The molecule has 1 N–H and O–H groups in total. The summed E-state index contributed by atoms with van der Waals surface area (Å²) in [5.74, 6) is -0.947. The van der Waals surface area contributed by atoms with E-state index in [1.165, 1.54) is 12.1 Å². The molecule has 22 heavy (non-hydrogen) atoms. The zero-order valence-corrected chi connectivity index (χ0v) is 12.0. The van der Waals surface area contributed by atoms with Crippen LogP contribution in [0.2, 0.25) is 0 Å². The van der Waals surface area contributed by atoms with Crippen LogP contribution in [0.4, 0.5) is 10.2 Å². The molecule has 1 aromatic heterocycles. The maximum atomic E-state index is 13.9. The highest BCUT2D eigenvalue weighted by Crippen LogP contribution is 2.24. The molecule has 0 unspecified atom stereocenters. The predicted molar refractivity (Wildman–Crippen MR) is 80.4 cm³/mol. The number of halogens is 1. The van der Waals surface area contributed by atoms with Gasteiger partial charge < -0.3 is 10.0 Å². The van der Waals surface area contributed by atoms with Crippen LogP contribution in [0.15, 0.2) is 30.3 Å². The highest BCUT2D eigenvalue weighted by Gasteiger charge is 2.18. The molecule has 114 valence electrons. The molecule has 0 aliphatic carbocycles. The van der Waals surface area contributed by atoms with E-state index in [-0.39, 0.29) is 17.1 Å². The Labute approximate surface area is 127 Å². The van der Waals surface area contributed by atoms with Gasteiger partial charge in [-0.3, -0.25) is 0 Å². The third-order valence-electron chi connectivity index (χ3n) is 3.73. The molecule has 6 heteroatoms. The zero-order chi connectivity index (χ0) is 15.5. The molecule has 0 saturated carbocycles. The molecule has 0 spiro atoms. The highest BCUT2D eigenvalue weighted by molar-refractivity contribution is 5.87. The second kappa shape index (κ2) is 6.09. The van der Waals surface area contributed by atoms with Crippen LogP contribution in [0.1, 0.15) is 29.8 Å². The van der Waals surface area contributed by atoms with Gasteiger partial charge in [0, 0.05) is 19.2 Å². The SMILES string of the molecule is O=C(O)c1cc(N2CCCCC2)nc(-c2ccccc2F)n1. The fourth-order valence-corrected chi connectivity index (χ4v) is 2.59. The lowest BCUT2D eigenvalue weighted by Crippen LogP contribution is -2.30. The van der Waals surface area contributed by atoms with Crippen LogP contribution in [-0.2, 0) is 0 Å². The third kappa shape index (κ3) is 2.90. The van der Waals surface area contributed by atoms with Gasteiger partial charge in [-0.1, -0.05) is 12.1 Å². The monoisotopic (exact) mass is 301 g/mol. The molecule has 1 aromatic carbocycles. The van der Waals surface area contributed by atoms with Gasteiger partial charge >= 0.3 is 5.97 Å². The molecule has 1 fully saturated rings. The molecule has 2 heterocycles. The topological polar surface area (TPSA) is 66.3 Å². The van der Waals surface area contributed by atoms with Crippen LogP contribution in [-0.4, -0.2) is 34.1 Å². The largest absolute Gasteiger partial charge is 0.477 e. The number of benzene rings is 1. The minimum absolute atomic E-state index is 0.110. The molecule has 1 aliphatic rings. The fourth-order valence-electron chi connectivity index (χ4n) is 2.59. The molecule has 2 aromatic rings. The van der Waals surface area contributed by atoms with E-state index >= 15 is 0 Å². The lowest BCUT2D eigenvalue weighted by molar-refractivity contribution is 0.0690. The summed E-state index contributed by atoms with van der Waals surface area (Å²) >= 11 is 0. The summed E-state index contributed by atoms with van der Waals surface area (Å²) < 4.78 is 13.9. The average Bonchev–Trinajstić information content (AvgIpc) is 2.55. The van der Waals surface area contributed by atoms with E-state index in [4.69, 9.17) is 0 Å². The maximum Gasteiger partial charge on any atom is 0.354 e. The van der Waals surface area contributed by atoms with Crippen molar-refractivity contribution in [3.05, 3.63) is 41.8 Å². The first-order valence-corrected chi connectivity index (χ1v) is 7.27. The van der Waals surface area contributed by atoms with E-state index in [0.29, 0.717) is 5.82 Å². The summed E-state index contributed by atoms with van der Waals surface area (Å²) in [5.41, 5.74) is 0.0951. The zero-order valence-electron chi connectivity index (χ0n) is 12.0. The van der Waals surface area contributed by atoms with Crippen molar-refractivity contribution in [3.63, 3.8) is 0 Å². The number of hydrogen-bond acceptors (Lipinski definition) is 4. The quantitative estimate of drug-likeness (QED) is 0.944. The third-order valence-corrected chi connectivity index (χ3v) is 3.73. The number of carbonyl (C=O) groups is 1. The smallest absolute Gasteiger partial charge is 0.354 e. The first kappa shape index (κ1) is 14.4. The van der Waals surface area contributed by atoms with Crippen LogP contribution < -0.4 is 4.90 Å². The standard InChI is InChI=1S/C16H16FN3O2/c17-12-7-3-2-6-11(12)15-18-13(16(21)22)10-14(19-15)20-8-4-1-5-9-20/h2-3,6-7,10H,1,4-5,8-9H2,(H,21,22). The van der Waals surface area contributed by atoms with Crippen molar-refractivity contribution in [3.8, 4) is 11.4 Å². The Hall–Kier alpha value is -2.50. The number of piperidine rings is 1. The summed E-state index contributed by atoms with van der Waals surface area (Å²) in [7, 11) is 0. The Bertz CT molecular complexity index is 700. The number of hydrogen-bond donors (Lipinski definition) is 1. The number of carboxylic acid groups (broad SMARTS) is 1. The summed E-state index contributed by atoms with van der Waals surface area (Å²) in [4.78, 5) is 21.7. The van der Waals surface area contributed by atoms with Crippen molar-refractivity contribution in [2.24, 2.45) is 0 Å². The van der Waals surface area contributed by atoms with Crippen LogP contribution in [0, 0.1) is 5.82 Å². The first-order chi connectivity index (χ1) is 10.6. The van der Waals surface area contributed by atoms with E-state index in [2.05, 4.69) is 9.97 Å². The van der Waals surface area contributed by atoms with E-state index in [1.807, 2.05) is 4.90 Å². The molecule has 0 bridgehead atoms. The second-order valence-electron chi connectivity index (χ2n) is 5.27. The summed E-state index contributed by atoms with van der Waals surface area (Å²) in [6.07, 6.45) is 3.25. The summed E-state index contributed by atoms with van der Waals surface area (Å²) in [6.45, 7) is 1.65. The molecule has 0 amide bonds. The molecular formula is C16H16FN3O2. The van der Waals surface area contributed by atoms with Gasteiger partial charge in [-0.05, 0) is 31.4 Å². The maximum absolute atomic E-state index is 13.9. The van der Waals surface area contributed by atoms with E-state index in [9.17, 15) is 14.3 Å². The van der Waals surface area contributed by atoms with Crippen LogP contribution in [0.3, 0.4) is 0 Å². The van der Waals surface area contributed by atoms with Crippen molar-refractivity contribution in [2.75, 3.05) is 18.0 Å². The van der Waals surface area contributed by atoms with Crippen molar-refractivity contribution < 1.29 is 14.3 Å². The lowest BCUT2D eigenvalue weighted by Gasteiger charge is -2.28. The summed E-state index contributed by atoms with van der Waals surface area (Å²) in [5, 5.41) is 9.25. The van der Waals surface area contributed by atoms with Crippen molar-refractivity contribution in [1.29, 1.82) is 0 Å². The molecule has 5 nitrogen and oxygen atoms in total. The summed E-state index contributed by atoms with van der Waals surface area (Å²) in [6, 6.07) is 7.57. The van der Waals surface area contributed by atoms with Gasteiger partial charge in [0.25, 0.3) is 0 Å². The van der Waals surface area contributed by atoms with E-state index < -0.39 is 11.8 Å². The predicted octanol–water partition coefficient (Wildman–Crippen LogP) is 2.97. The Morgan fingerprint density at radius 2 is 1.86 bits per heavy atom. The number of anilines is 1. The van der Waals surface area contributed by atoms with Crippen molar-refractivity contribution in [1.82, 2.24) is 9.97 Å². The molecular weight excluding hydrogens is 285 g/mol. The van der Waals surface area contributed by atoms with E-state index in [1.54, 1.807) is 18.2 Å². The number of aromatic nitrogens is 2. The first-order valence-electron chi connectivity index (χ1n) is 7.27. The van der Waals surface area contributed by atoms with Gasteiger partial charge in [-0.25, -0.2) is 19.2 Å². The van der Waals surface area contributed by atoms with Gasteiger partial charge in [0.1, 0.15) is 11.6 Å². The van der Waals surface area contributed by atoms with Gasteiger partial charge in [0.2, 0.25) is 0 Å². The molecule has 0 atom stereocenters. The number of rotatable bonds is 3. The Morgan fingerprint density at radius 3 is 2.55 bits per heavy atom. The van der Waals surface area contributed by atoms with Crippen LogP contribution in [0.5, 0.6) is 0 Å². The lowest BCUT2D eigenvalue weighted by atomic mass is 10.1. The number of nitrogens with zero attached hydrogens (tertiary/aromatic N) is 3. The molecule has 3 rings (SSSR count). The van der Waals surface area contributed by atoms with E-state index in [0.717, 1.165) is 32.4 Å². The molecule has 1 aliphatic heterocycles. The van der Waals surface area contributed by atoms with Crippen LogP contribution in [0.25, 0.3) is 11.4 Å². The van der Waals surface area contributed by atoms with Crippen LogP contribution >= 0.6 is 0 Å². The van der Waals surface area contributed by atoms with Gasteiger partial charge in [0.15, 0.2) is 11.5 Å². The highest BCUT2D eigenvalue weighted by atomic mass is 19.1. The minimum Gasteiger partial charge on any atom is -0.477 e. The second-order valence-corrected chi connectivity index (χ2v) is 5.27. The van der Waals surface area contributed by atoms with Gasteiger partial charge in [0.05, 0.1) is 5.56 Å². The Balaban J connectivity index is 2.08. The number of aromatic carboxylic acids is 1. The Morgan fingerprint density at radius 1 is 1.14 bits per heavy atom. The molecule has 1 saturated heterocycles. The van der Waals surface area contributed by atoms with Gasteiger partial charge in [-0.2, -0.15) is 0 Å². The minimum atomic E-state index is -1.14. The van der Waals surface area contributed by atoms with Gasteiger partial charge in [-0.15, -0.1) is 0 Å². The normalized spacial score (nSPS) is 14.9. The average molecular weight is 301 g/mol. The molecule has 0 radical (unpaired) electrons. The van der Waals surface area contributed by atoms with Crippen molar-refractivity contribution in [2.45, 2.75) is 19.3 Å². The number of carboxylic acids is 1.